The molecular formula is C25H20N2O5. The van der Waals surface area contributed by atoms with Crippen molar-refractivity contribution in [3.8, 4) is 11.5 Å². The summed E-state index contributed by atoms with van der Waals surface area (Å²) in [7, 11) is 0. The van der Waals surface area contributed by atoms with Gasteiger partial charge in [-0.3, -0.25) is 14.9 Å². The van der Waals surface area contributed by atoms with Crippen LogP contribution >= 0.6 is 0 Å². The predicted molar refractivity (Wildman–Crippen MR) is 116 cm³/mol. The Balaban J connectivity index is 1.29. The van der Waals surface area contributed by atoms with Crippen molar-refractivity contribution in [2.24, 2.45) is 5.92 Å². The van der Waals surface area contributed by atoms with Gasteiger partial charge in [0.15, 0.2) is 11.5 Å². The Morgan fingerprint density at radius 3 is 2.19 bits per heavy atom. The van der Waals surface area contributed by atoms with Gasteiger partial charge in [-0.05, 0) is 34.6 Å². The van der Waals surface area contributed by atoms with E-state index >= 15 is 0 Å². The van der Waals surface area contributed by atoms with E-state index in [2.05, 4.69) is 53.8 Å². The molecule has 1 amide bonds. The number of hydrogen-bond donors (Lipinski definition) is 1. The summed E-state index contributed by atoms with van der Waals surface area (Å²) in [4.78, 5) is 24.0. The van der Waals surface area contributed by atoms with Gasteiger partial charge >= 0.3 is 0 Å². The topological polar surface area (TPSA) is 90.7 Å². The highest BCUT2D eigenvalue weighted by atomic mass is 16.7. The predicted octanol–water partition coefficient (Wildman–Crippen LogP) is 4.35. The third kappa shape index (κ3) is 2.77. The van der Waals surface area contributed by atoms with Crippen molar-refractivity contribution < 1.29 is 19.2 Å². The minimum Gasteiger partial charge on any atom is -0.454 e. The minimum absolute atomic E-state index is 0.0124. The first kappa shape index (κ1) is 18.9. The fraction of sp³-hybridized carbons (Fsp3) is 0.240. The summed E-state index contributed by atoms with van der Waals surface area (Å²) >= 11 is 0. The smallest absolute Gasteiger partial charge is 0.286 e. The van der Waals surface area contributed by atoms with Crippen LogP contribution in [0.3, 0.4) is 0 Å². The lowest BCUT2D eigenvalue weighted by atomic mass is 9.59. The van der Waals surface area contributed by atoms with E-state index in [1.807, 2.05) is 0 Å². The second-order valence-corrected chi connectivity index (χ2v) is 8.47. The lowest BCUT2D eigenvalue weighted by molar-refractivity contribution is -0.385. The quantitative estimate of drug-likeness (QED) is 0.493. The number of nitrogens with one attached hydrogen (secondary N) is 1. The van der Waals surface area contributed by atoms with E-state index in [0.717, 1.165) is 6.42 Å². The summed E-state index contributed by atoms with van der Waals surface area (Å²) in [5.41, 5.74) is 5.07. The van der Waals surface area contributed by atoms with Crippen LogP contribution in [0.1, 0.15) is 50.9 Å². The zero-order valence-corrected chi connectivity index (χ0v) is 17.1. The molecule has 160 valence electrons. The number of carbonyl (C=O) groups is 1. The average Bonchev–Trinajstić information content (AvgIpc) is 3.29. The molecule has 0 unspecified atom stereocenters. The van der Waals surface area contributed by atoms with Crippen molar-refractivity contribution in [1.82, 2.24) is 5.32 Å². The maximum absolute atomic E-state index is 13.0. The van der Waals surface area contributed by atoms with Crippen molar-refractivity contribution in [3.05, 3.63) is 98.6 Å². The normalized spacial score (nSPS) is 21.6. The highest BCUT2D eigenvalue weighted by Crippen LogP contribution is 2.55. The highest BCUT2D eigenvalue weighted by molar-refractivity contribution is 5.99. The molecule has 3 aromatic rings. The molecule has 7 nitrogen and oxygen atoms in total. The molecule has 7 heteroatoms. The Labute approximate surface area is 184 Å². The zero-order valence-electron chi connectivity index (χ0n) is 17.1. The molecule has 1 N–H and O–H groups in total. The van der Waals surface area contributed by atoms with Gasteiger partial charge in [0.05, 0.1) is 11.0 Å². The number of ether oxygens (including phenoxy) is 2. The van der Waals surface area contributed by atoms with E-state index in [-0.39, 0.29) is 35.6 Å². The van der Waals surface area contributed by atoms with E-state index in [9.17, 15) is 14.9 Å². The molecule has 32 heavy (non-hydrogen) atoms. The number of benzene rings is 3. The number of nitro groups is 1. The molecule has 3 aromatic carbocycles. The molecule has 0 spiro atoms. The number of rotatable bonds is 4. The third-order valence-electron chi connectivity index (χ3n) is 6.88. The molecule has 1 atom stereocenters. The summed E-state index contributed by atoms with van der Waals surface area (Å²) < 4.78 is 10.5. The van der Waals surface area contributed by atoms with E-state index < -0.39 is 10.8 Å². The summed E-state index contributed by atoms with van der Waals surface area (Å²) in [5.74, 6) is 0.861. The highest BCUT2D eigenvalue weighted by Gasteiger charge is 2.43. The van der Waals surface area contributed by atoms with Crippen LogP contribution in [0.15, 0.2) is 60.7 Å². The second-order valence-electron chi connectivity index (χ2n) is 8.47. The van der Waals surface area contributed by atoms with Crippen LogP contribution in [0.2, 0.25) is 0 Å². The van der Waals surface area contributed by atoms with Crippen molar-refractivity contribution >= 4 is 11.6 Å². The van der Waals surface area contributed by atoms with Crippen LogP contribution in [0, 0.1) is 16.0 Å². The Hall–Kier alpha value is -3.87. The standard InChI is InChI=1S/C25H20N2O5/c28-25(20-10-22-23(32-13-31-22)11-21(20)27(29)30)26-12-14-9-19-15-5-1-3-7-17(15)24(14)18-8-4-2-6-16(18)19/h1-8,10-11,14,19,24H,9,12-13H2,(H,26,28)/t14-,19?,24?/m0/s1. The third-order valence-corrected chi connectivity index (χ3v) is 6.88. The fourth-order valence-electron chi connectivity index (χ4n) is 5.54. The largest absolute Gasteiger partial charge is 0.454 e. The lowest BCUT2D eigenvalue weighted by Gasteiger charge is -2.45. The van der Waals surface area contributed by atoms with E-state index in [1.165, 1.54) is 34.4 Å². The molecule has 0 saturated carbocycles. The Kier molecular flexibility index (Phi) is 4.18. The first-order valence-corrected chi connectivity index (χ1v) is 10.7. The van der Waals surface area contributed by atoms with Gasteiger partial charge in [-0.1, -0.05) is 48.5 Å². The van der Waals surface area contributed by atoms with Gasteiger partial charge in [-0.2, -0.15) is 0 Å². The van der Waals surface area contributed by atoms with Crippen LogP contribution in [-0.4, -0.2) is 24.2 Å². The zero-order chi connectivity index (χ0) is 21.8. The Bertz CT molecular complexity index is 1220. The van der Waals surface area contributed by atoms with Gasteiger partial charge in [0.2, 0.25) is 6.79 Å². The maximum Gasteiger partial charge on any atom is 0.286 e. The Morgan fingerprint density at radius 1 is 0.969 bits per heavy atom. The van der Waals surface area contributed by atoms with E-state index in [4.69, 9.17) is 9.47 Å². The number of amides is 1. The molecule has 7 rings (SSSR count). The molecule has 4 aliphatic rings. The van der Waals surface area contributed by atoms with E-state index in [1.54, 1.807) is 0 Å². The van der Waals surface area contributed by atoms with Crippen molar-refractivity contribution in [2.75, 3.05) is 13.3 Å². The average molecular weight is 428 g/mol. The van der Waals surface area contributed by atoms with Crippen LogP contribution in [-0.2, 0) is 0 Å². The van der Waals surface area contributed by atoms with Crippen molar-refractivity contribution in [1.29, 1.82) is 0 Å². The van der Waals surface area contributed by atoms with Gasteiger partial charge in [0.25, 0.3) is 11.6 Å². The van der Waals surface area contributed by atoms with Crippen LogP contribution in [0.25, 0.3) is 0 Å². The summed E-state index contributed by atoms with van der Waals surface area (Å²) in [6.07, 6.45) is 0.933. The van der Waals surface area contributed by atoms with Crippen LogP contribution in [0.5, 0.6) is 11.5 Å². The summed E-state index contributed by atoms with van der Waals surface area (Å²) in [5, 5.41) is 14.5. The minimum atomic E-state index is -0.564. The molecule has 0 aromatic heterocycles. The van der Waals surface area contributed by atoms with Gasteiger partial charge < -0.3 is 14.8 Å². The summed E-state index contributed by atoms with van der Waals surface area (Å²) in [6, 6.07) is 19.7. The first-order chi connectivity index (χ1) is 15.6. The van der Waals surface area contributed by atoms with Gasteiger partial charge in [0.1, 0.15) is 5.56 Å². The molecule has 0 saturated heterocycles. The Morgan fingerprint density at radius 2 is 1.56 bits per heavy atom. The molecule has 0 fully saturated rings. The maximum atomic E-state index is 13.0. The monoisotopic (exact) mass is 428 g/mol. The number of carbonyl (C=O) groups excluding carboxylic acids is 1. The summed E-state index contributed by atoms with van der Waals surface area (Å²) in [6.45, 7) is 0.426. The fourth-order valence-corrected chi connectivity index (χ4v) is 5.54. The number of nitro benzene ring substituents is 1. The van der Waals surface area contributed by atoms with Gasteiger partial charge in [-0.15, -0.1) is 0 Å². The van der Waals surface area contributed by atoms with Crippen LogP contribution < -0.4 is 14.8 Å². The van der Waals surface area contributed by atoms with Crippen molar-refractivity contribution in [2.45, 2.75) is 18.3 Å². The number of fused-ring (bicyclic) bond motifs is 2. The molecule has 3 aliphatic carbocycles. The first-order valence-electron chi connectivity index (χ1n) is 10.7. The van der Waals surface area contributed by atoms with Gasteiger partial charge in [-0.25, -0.2) is 0 Å². The number of nitrogens with zero attached hydrogens (tertiary/aromatic N) is 1. The van der Waals surface area contributed by atoms with Crippen LogP contribution in [0.4, 0.5) is 5.69 Å². The molecular weight excluding hydrogens is 408 g/mol. The molecule has 1 aliphatic heterocycles. The molecule has 1 heterocycles. The SMILES string of the molecule is O=C(NC[C@@H]1CC2c3ccccc3C1c1ccccc12)c1cc2c(cc1[N+](=O)[O-])OCO2. The second kappa shape index (κ2) is 7.09. The molecule has 2 bridgehead atoms. The van der Waals surface area contributed by atoms with Gasteiger partial charge in [0, 0.05) is 24.4 Å². The lowest BCUT2D eigenvalue weighted by Crippen LogP contribution is -2.39. The number of hydrogen-bond acceptors (Lipinski definition) is 5. The van der Waals surface area contributed by atoms with E-state index in [0.29, 0.717) is 18.2 Å². The molecule has 0 radical (unpaired) electrons. The van der Waals surface area contributed by atoms with Crippen molar-refractivity contribution in [3.63, 3.8) is 0 Å².